The van der Waals surface area contributed by atoms with E-state index in [2.05, 4.69) is 46.2 Å². The molecule has 0 aromatic carbocycles. The highest BCUT2D eigenvalue weighted by molar-refractivity contribution is 14.0. The van der Waals surface area contributed by atoms with Crippen LogP contribution in [0, 0.1) is 0 Å². The van der Waals surface area contributed by atoms with Gasteiger partial charge in [0.25, 0.3) is 0 Å². The van der Waals surface area contributed by atoms with Crippen LogP contribution in [0.4, 0.5) is 0 Å². The highest BCUT2D eigenvalue weighted by atomic mass is 127. The number of guanidine groups is 1. The lowest BCUT2D eigenvalue weighted by atomic mass is 10.2. The maximum absolute atomic E-state index is 4.98. The summed E-state index contributed by atoms with van der Waals surface area (Å²) >= 11 is 3.87. The van der Waals surface area contributed by atoms with Crippen LogP contribution in [-0.2, 0) is 0 Å². The Morgan fingerprint density at radius 3 is 2.81 bits per heavy atom. The van der Waals surface area contributed by atoms with E-state index < -0.39 is 0 Å². The van der Waals surface area contributed by atoms with Crippen molar-refractivity contribution >= 4 is 53.0 Å². The summed E-state index contributed by atoms with van der Waals surface area (Å²) in [4.78, 5) is 9.04. The topological polar surface area (TPSA) is 39.7 Å². The molecule has 1 aromatic rings. The molecule has 0 radical (unpaired) electrons. The lowest BCUT2D eigenvalue weighted by Crippen LogP contribution is -2.43. The first-order valence-electron chi connectivity index (χ1n) is 9.65. The molecule has 2 heterocycles. The fourth-order valence-corrected chi connectivity index (χ4v) is 5.54. The first kappa shape index (κ1) is 22.3. The quantitative estimate of drug-likeness (QED) is 0.327. The molecule has 26 heavy (non-hydrogen) atoms. The molecule has 3 unspecified atom stereocenters. The van der Waals surface area contributed by atoms with E-state index in [0.29, 0.717) is 12.1 Å². The molecule has 1 aliphatic heterocycles. The molecule has 0 bridgehead atoms. The Kier molecular flexibility index (Phi) is 10.1. The van der Waals surface area contributed by atoms with E-state index >= 15 is 0 Å². The molecule has 1 aromatic heterocycles. The van der Waals surface area contributed by atoms with E-state index in [1.54, 1.807) is 0 Å². The van der Waals surface area contributed by atoms with Crippen molar-refractivity contribution < 1.29 is 0 Å². The van der Waals surface area contributed by atoms with Gasteiger partial charge in [0.2, 0.25) is 0 Å². The monoisotopic (exact) mass is 508 g/mol. The predicted octanol–water partition coefficient (Wildman–Crippen LogP) is 4.34. The van der Waals surface area contributed by atoms with Crippen molar-refractivity contribution in [1.82, 2.24) is 15.5 Å². The van der Waals surface area contributed by atoms with E-state index in [1.165, 1.54) is 50.1 Å². The molecule has 2 N–H and O–H groups in total. The zero-order chi connectivity index (χ0) is 17.5. The van der Waals surface area contributed by atoms with Gasteiger partial charge in [0.05, 0.1) is 12.6 Å². The summed E-state index contributed by atoms with van der Waals surface area (Å²) in [6, 6.07) is 5.43. The number of hydrogen-bond acceptors (Lipinski definition) is 4. The first-order valence-corrected chi connectivity index (χ1v) is 11.8. The third kappa shape index (κ3) is 6.27. The first-order chi connectivity index (χ1) is 12.3. The van der Waals surface area contributed by atoms with Gasteiger partial charge in [0.15, 0.2) is 5.96 Å². The third-order valence-corrected chi connectivity index (χ3v) is 7.35. The fraction of sp³-hybridized carbons (Fsp3) is 0.737. The van der Waals surface area contributed by atoms with Crippen molar-refractivity contribution in [2.75, 3.05) is 32.4 Å². The van der Waals surface area contributed by atoms with Crippen molar-refractivity contribution in [3.63, 3.8) is 0 Å². The van der Waals surface area contributed by atoms with E-state index in [9.17, 15) is 0 Å². The number of nitrogens with zero attached hydrogens (tertiary/aromatic N) is 2. The molecule has 7 heteroatoms. The Morgan fingerprint density at radius 2 is 2.19 bits per heavy atom. The summed E-state index contributed by atoms with van der Waals surface area (Å²) in [5.41, 5.74) is 0. The van der Waals surface area contributed by atoms with Crippen LogP contribution < -0.4 is 10.6 Å². The molecule has 3 rings (SSSR count). The Labute approximate surface area is 184 Å². The normalized spacial score (nSPS) is 25.1. The second kappa shape index (κ2) is 11.8. The molecule has 2 fully saturated rings. The highest BCUT2D eigenvalue weighted by Gasteiger charge is 2.26. The van der Waals surface area contributed by atoms with Gasteiger partial charge in [-0.15, -0.1) is 35.3 Å². The van der Waals surface area contributed by atoms with Gasteiger partial charge in [-0.2, -0.15) is 11.8 Å². The number of likely N-dealkylation sites (tertiary alicyclic amines) is 1. The van der Waals surface area contributed by atoms with Gasteiger partial charge in [-0.3, -0.25) is 9.89 Å². The summed E-state index contributed by atoms with van der Waals surface area (Å²) in [7, 11) is 0. The summed E-state index contributed by atoms with van der Waals surface area (Å²) in [5, 5.41) is 10.1. The minimum Gasteiger partial charge on any atom is -0.357 e. The second-order valence-corrected chi connectivity index (χ2v) is 9.12. The van der Waals surface area contributed by atoms with E-state index in [4.69, 9.17) is 4.99 Å². The minimum absolute atomic E-state index is 0. The zero-order valence-corrected chi connectivity index (χ0v) is 19.9. The third-order valence-electron chi connectivity index (χ3n) is 5.28. The van der Waals surface area contributed by atoms with Crippen LogP contribution in [0.5, 0.6) is 0 Å². The molecule has 4 nitrogen and oxygen atoms in total. The molecule has 0 amide bonds. The molecule has 3 atom stereocenters. The Bertz CT molecular complexity index is 532. The molecule has 148 valence electrons. The van der Waals surface area contributed by atoms with Gasteiger partial charge in [-0.05, 0) is 69.8 Å². The van der Waals surface area contributed by atoms with Crippen molar-refractivity contribution in [3.05, 3.63) is 22.4 Å². The summed E-state index contributed by atoms with van der Waals surface area (Å²) in [5.74, 6) is 0.995. The largest absolute Gasteiger partial charge is 0.357 e. The van der Waals surface area contributed by atoms with Crippen molar-refractivity contribution in [1.29, 1.82) is 0 Å². The van der Waals surface area contributed by atoms with Crippen LogP contribution in [0.2, 0.25) is 0 Å². The fourth-order valence-electron chi connectivity index (χ4n) is 3.90. The SMILES string of the molecule is CCNC(=NCC(c1cccs1)N1CCCC1)NC1CCC(SC)C1.I. The number of thioether (sulfide) groups is 1. The number of thiophene rings is 1. The Hall–Kier alpha value is 0.01000. The minimum atomic E-state index is 0. The van der Waals surface area contributed by atoms with E-state index in [1.807, 2.05) is 23.1 Å². The molecule has 1 aliphatic carbocycles. The van der Waals surface area contributed by atoms with E-state index in [0.717, 1.165) is 24.3 Å². The van der Waals surface area contributed by atoms with Crippen LogP contribution in [0.15, 0.2) is 22.5 Å². The zero-order valence-electron chi connectivity index (χ0n) is 15.9. The van der Waals surface area contributed by atoms with Crippen molar-refractivity contribution in [2.24, 2.45) is 4.99 Å². The standard InChI is InChI=1S/C19H32N4S2.HI/c1-3-20-19(22-15-8-9-16(13-15)24-2)21-14-17(18-7-6-12-25-18)23-10-4-5-11-23;/h6-7,12,15-17H,3-5,8-11,13-14H2,1-2H3,(H2,20,21,22);1H. The maximum Gasteiger partial charge on any atom is 0.191 e. The summed E-state index contributed by atoms with van der Waals surface area (Å²) in [6.45, 7) is 6.32. The molecule has 1 saturated heterocycles. The summed E-state index contributed by atoms with van der Waals surface area (Å²) < 4.78 is 0. The van der Waals surface area contributed by atoms with Gasteiger partial charge in [-0.25, -0.2) is 0 Å². The Morgan fingerprint density at radius 1 is 1.38 bits per heavy atom. The second-order valence-electron chi connectivity index (χ2n) is 7.01. The number of rotatable bonds is 7. The van der Waals surface area contributed by atoms with Crippen molar-refractivity contribution in [2.45, 2.75) is 56.4 Å². The molecule has 2 aliphatic rings. The lowest BCUT2D eigenvalue weighted by Gasteiger charge is -2.26. The van der Waals surface area contributed by atoms with Gasteiger partial charge in [-0.1, -0.05) is 6.07 Å². The van der Waals surface area contributed by atoms with Crippen LogP contribution in [0.3, 0.4) is 0 Å². The molecule has 1 saturated carbocycles. The van der Waals surface area contributed by atoms with E-state index in [-0.39, 0.29) is 24.0 Å². The van der Waals surface area contributed by atoms with Gasteiger partial charge < -0.3 is 10.6 Å². The number of nitrogens with one attached hydrogen (secondary N) is 2. The summed E-state index contributed by atoms with van der Waals surface area (Å²) in [6.07, 6.45) is 8.71. The number of aliphatic imine (C=N–C) groups is 1. The molecular weight excluding hydrogens is 475 g/mol. The van der Waals surface area contributed by atoms with Gasteiger partial charge >= 0.3 is 0 Å². The number of halogens is 1. The predicted molar refractivity (Wildman–Crippen MR) is 127 cm³/mol. The highest BCUT2D eigenvalue weighted by Crippen LogP contribution is 2.29. The van der Waals surface area contributed by atoms with Crippen LogP contribution in [0.25, 0.3) is 0 Å². The smallest absolute Gasteiger partial charge is 0.191 e. The van der Waals surface area contributed by atoms with Crippen LogP contribution in [0.1, 0.15) is 49.9 Å². The number of hydrogen-bond donors (Lipinski definition) is 2. The van der Waals surface area contributed by atoms with Gasteiger partial charge in [0.1, 0.15) is 0 Å². The van der Waals surface area contributed by atoms with Gasteiger partial charge in [0, 0.05) is 22.7 Å². The lowest BCUT2D eigenvalue weighted by molar-refractivity contribution is 0.255. The maximum atomic E-state index is 4.98. The van der Waals surface area contributed by atoms with Crippen molar-refractivity contribution in [3.8, 4) is 0 Å². The van der Waals surface area contributed by atoms with Crippen LogP contribution >= 0.6 is 47.1 Å². The van der Waals surface area contributed by atoms with Crippen LogP contribution in [-0.4, -0.2) is 54.6 Å². The average molecular weight is 509 g/mol. The Balaban J connectivity index is 0.00000243. The molecular formula is C19H33IN4S2. The molecule has 0 spiro atoms. The average Bonchev–Trinajstić information content (AvgIpc) is 3.38.